The summed E-state index contributed by atoms with van der Waals surface area (Å²) in [7, 11) is 0. The Morgan fingerprint density at radius 3 is 2.58 bits per heavy atom. The van der Waals surface area contributed by atoms with Crippen LogP contribution in [-0.4, -0.2) is 41.6 Å². The first-order valence-electron chi connectivity index (χ1n) is 7.48. The minimum Gasteiger partial charge on any atom is -0.483 e. The third kappa shape index (κ3) is 4.39. The van der Waals surface area contributed by atoms with Crippen LogP contribution in [-0.2, 0) is 15.8 Å². The first-order valence-corrected chi connectivity index (χ1v) is 7.48. The lowest BCUT2D eigenvalue weighted by Gasteiger charge is -2.34. The number of halogens is 3. The third-order valence-electron chi connectivity index (χ3n) is 3.91. The lowest BCUT2D eigenvalue weighted by molar-refractivity contribution is -0.148. The van der Waals surface area contributed by atoms with Gasteiger partial charge < -0.3 is 14.7 Å². The van der Waals surface area contributed by atoms with E-state index in [9.17, 15) is 22.8 Å². The van der Waals surface area contributed by atoms with Crippen molar-refractivity contribution in [2.45, 2.75) is 19.5 Å². The quantitative estimate of drug-likeness (QED) is 0.911. The number of carboxylic acid groups (broad SMARTS) is 1. The summed E-state index contributed by atoms with van der Waals surface area (Å²) in [5.41, 5.74) is -0.951. The summed E-state index contributed by atoms with van der Waals surface area (Å²) in [6.45, 7) is 1.68. The standard InChI is InChI=1S/C16H18F3NO4/c1-10-6-11(15(22)23)8-20(7-10)14(21)9-24-13-5-3-2-4-12(13)16(17,18)19/h2-5,10-11H,6-9H2,1H3,(H,22,23). The van der Waals surface area contributed by atoms with E-state index in [1.807, 2.05) is 6.92 Å². The first-order chi connectivity index (χ1) is 11.2. The number of hydrogen-bond donors (Lipinski definition) is 1. The molecule has 5 nitrogen and oxygen atoms in total. The van der Waals surface area contributed by atoms with Gasteiger partial charge in [0.05, 0.1) is 11.5 Å². The van der Waals surface area contributed by atoms with Crippen LogP contribution in [0.15, 0.2) is 24.3 Å². The highest BCUT2D eigenvalue weighted by Crippen LogP contribution is 2.35. The van der Waals surface area contributed by atoms with Crippen molar-refractivity contribution in [3.05, 3.63) is 29.8 Å². The van der Waals surface area contributed by atoms with Crippen molar-refractivity contribution in [2.75, 3.05) is 19.7 Å². The lowest BCUT2D eigenvalue weighted by Crippen LogP contribution is -2.47. The van der Waals surface area contributed by atoms with Crippen LogP contribution in [0.4, 0.5) is 13.2 Å². The van der Waals surface area contributed by atoms with Gasteiger partial charge in [-0.25, -0.2) is 0 Å². The number of alkyl halides is 3. The zero-order valence-corrected chi connectivity index (χ0v) is 13.0. The fourth-order valence-electron chi connectivity index (χ4n) is 2.79. The summed E-state index contributed by atoms with van der Waals surface area (Å²) in [6, 6.07) is 4.65. The van der Waals surface area contributed by atoms with Crippen LogP contribution < -0.4 is 4.74 Å². The number of hydrogen-bond acceptors (Lipinski definition) is 3. The van der Waals surface area contributed by atoms with Crippen LogP contribution >= 0.6 is 0 Å². The van der Waals surface area contributed by atoms with Gasteiger partial charge in [-0.3, -0.25) is 9.59 Å². The number of para-hydroxylation sites is 1. The van der Waals surface area contributed by atoms with Gasteiger partial charge in [0.15, 0.2) is 6.61 Å². The molecule has 2 atom stereocenters. The van der Waals surface area contributed by atoms with Gasteiger partial charge >= 0.3 is 12.1 Å². The summed E-state index contributed by atoms with van der Waals surface area (Å²) in [4.78, 5) is 24.6. The molecule has 1 aliphatic heterocycles. The molecule has 2 unspecified atom stereocenters. The maximum atomic E-state index is 12.9. The van der Waals surface area contributed by atoms with Crippen molar-refractivity contribution in [3.63, 3.8) is 0 Å². The van der Waals surface area contributed by atoms with E-state index in [4.69, 9.17) is 9.84 Å². The topological polar surface area (TPSA) is 66.8 Å². The van der Waals surface area contributed by atoms with E-state index in [-0.39, 0.29) is 12.5 Å². The third-order valence-corrected chi connectivity index (χ3v) is 3.91. The van der Waals surface area contributed by atoms with E-state index in [2.05, 4.69) is 0 Å². The molecular weight excluding hydrogens is 327 g/mol. The van der Waals surface area contributed by atoms with Gasteiger partial charge in [-0.15, -0.1) is 0 Å². The number of rotatable bonds is 4. The number of amides is 1. The second-order valence-electron chi connectivity index (χ2n) is 5.96. The minimum absolute atomic E-state index is 0.00580. The second kappa shape index (κ2) is 7.11. The first kappa shape index (κ1) is 18.1. The molecule has 0 saturated carbocycles. The van der Waals surface area contributed by atoms with Gasteiger partial charge in [-0.1, -0.05) is 19.1 Å². The summed E-state index contributed by atoms with van der Waals surface area (Å²) in [5.74, 6) is -2.59. The number of ether oxygens (including phenoxy) is 1. The van der Waals surface area contributed by atoms with Gasteiger partial charge in [0.1, 0.15) is 5.75 Å². The number of benzene rings is 1. The molecule has 0 aromatic heterocycles. The fraction of sp³-hybridized carbons (Fsp3) is 0.500. The highest BCUT2D eigenvalue weighted by Gasteiger charge is 2.35. The van der Waals surface area contributed by atoms with Gasteiger partial charge in [0, 0.05) is 13.1 Å². The monoisotopic (exact) mass is 345 g/mol. The van der Waals surface area contributed by atoms with E-state index in [1.165, 1.54) is 17.0 Å². The molecule has 1 saturated heterocycles. The van der Waals surface area contributed by atoms with Crippen molar-refractivity contribution >= 4 is 11.9 Å². The second-order valence-corrected chi connectivity index (χ2v) is 5.96. The Hall–Kier alpha value is -2.25. The molecule has 2 rings (SSSR count). The molecule has 1 aromatic rings. The SMILES string of the molecule is CC1CC(C(=O)O)CN(C(=O)COc2ccccc2C(F)(F)F)C1. The Morgan fingerprint density at radius 1 is 1.29 bits per heavy atom. The lowest BCUT2D eigenvalue weighted by atomic mass is 9.90. The number of aliphatic carboxylic acids is 1. The highest BCUT2D eigenvalue weighted by molar-refractivity contribution is 5.79. The zero-order chi connectivity index (χ0) is 17.9. The fourth-order valence-corrected chi connectivity index (χ4v) is 2.79. The van der Waals surface area contributed by atoms with E-state index in [0.717, 1.165) is 12.1 Å². The molecule has 0 spiro atoms. The van der Waals surface area contributed by atoms with Crippen molar-refractivity contribution in [1.82, 2.24) is 4.90 Å². The average Bonchev–Trinajstić information content (AvgIpc) is 2.51. The predicted octanol–water partition coefficient (Wildman–Crippen LogP) is 2.65. The number of piperidine rings is 1. The summed E-state index contributed by atoms with van der Waals surface area (Å²) >= 11 is 0. The molecule has 0 aliphatic carbocycles. The molecule has 1 fully saturated rings. The largest absolute Gasteiger partial charge is 0.483 e. The Bertz CT molecular complexity index is 618. The summed E-state index contributed by atoms with van der Waals surface area (Å²) < 4.78 is 43.7. The maximum Gasteiger partial charge on any atom is 0.419 e. The van der Waals surface area contributed by atoms with E-state index < -0.39 is 41.9 Å². The van der Waals surface area contributed by atoms with Gasteiger partial charge in [-0.05, 0) is 24.5 Å². The molecule has 1 N–H and O–H groups in total. The van der Waals surface area contributed by atoms with Crippen LogP contribution in [0.2, 0.25) is 0 Å². The molecule has 1 aliphatic rings. The van der Waals surface area contributed by atoms with Crippen LogP contribution in [0.25, 0.3) is 0 Å². The van der Waals surface area contributed by atoms with Crippen molar-refractivity contribution in [1.29, 1.82) is 0 Å². The van der Waals surface area contributed by atoms with E-state index >= 15 is 0 Å². The van der Waals surface area contributed by atoms with Crippen LogP contribution in [0.1, 0.15) is 18.9 Å². The number of likely N-dealkylation sites (tertiary alicyclic amines) is 1. The molecule has 1 aromatic carbocycles. The number of carbonyl (C=O) groups excluding carboxylic acids is 1. The molecule has 0 bridgehead atoms. The molecule has 0 radical (unpaired) electrons. The van der Waals surface area contributed by atoms with E-state index in [1.54, 1.807) is 0 Å². The molecule has 1 heterocycles. The van der Waals surface area contributed by atoms with Gasteiger partial charge in [0.25, 0.3) is 5.91 Å². The van der Waals surface area contributed by atoms with Gasteiger partial charge in [0.2, 0.25) is 0 Å². The number of carboxylic acids is 1. The Labute approximate surface area is 137 Å². The average molecular weight is 345 g/mol. The normalized spacial score (nSPS) is 21.4. The molecular formula is C16H18F3NO4. The molecule has 8 heteroatoms. The number of nitrogens with zero attached hydrogens (tertiary/aromatic N) is 1. The molecule has 24 heavy (non-hydrogen) atoms. The van der Waals surface area contributed by atoms with Crippen LogP contribution in [0.3, 0.4) is 0 Å². The van der Waals surface area contributed by atoms with Gasteiger partial charge in [-0.2, -0.15) is 13.2 Å². The molecule has 132 valence electrons. The summed E-state index contributed by atoms with van der Waals surface area (Å²) in [6.07, 6.45) is -4.11. The molecule has 1 amide bonds. The van der Waals surface area contributed by atoms with Crippen molar-refractivity contribution < 1.29 is 32.6 Å². The smallest absolute Gasteiger partial charge is 0.419 e. The Kier molecular flexibility index (Phi) is 5.36. The Morgan fingerprint density at radius 2 is 1.96 bits per heavy atom. The van der Waals surface area contributed by atoms with E-state index in [0.29, 0.717) is 13.0 Å². The predicted molar refractivity (Wildman–Crippen MR) is 78.4 cm³/mol. The van der Waals surface area contributed by atoms with Crippen LogP contribution in [0.5, 0.6) is 5.75 Å². The zero-order valence-electron chi connectivity index (χ0n) is 13.0. The maximum absolute atomic E-state index is 12.9. The number of carbonyl (C=O) groups is 2. The minimum atomic E-state index is -4.58. The highest BCUT2D eigenvalue weighted by atomic mass is 19.4. The summed E-state index contributed by atoms with van der Waals surface area (Å²) in [5, 5.41) is 9.10. The van der Waals surface area contributed by atoms with Crippen molar-refractivity contribution in [3.8, 4) is 5.75 Å². The van der Waals surface area contributed by atoms with Crippen molar-refractivity contribution in [2.24, 2.45) is 11.8 Å². The Balaban J connectivity index is 2.02. The van der Waals surface area contributed by atoms with Crippen LogP contribution in [0, 0.1) is 11.8 Å².